The van der Waals surface area contributed by atoms with Gasteiger partial charge in [0.05, 0.1) is 5.70 Å². The first-order valence-corrected chi connectivity index (χ1v) is 3.44. The van der Waals surface area contributed by atoms with Crippen molar-refractivity contribution in [3.63, 3.8) is 0 Å². The zero-order chi connectivity index (χ0) is 7.40. The van der Waals surface area contributed by atoms with E-state index < -0.39 is 0 Å². The maximum atomic E-state index is 10.6. The number of carbonyl (C=O) groups is 1. The topological polar surface area (TPSA) is 46.5 Å². The quantitative estimate of drug-likeness (QED) is 0.562. The Hall–Kier alpha value is -1.03. The van der Waals surface area contributed by atoms with E-state index in [1.165, 1.54) is 12.2 Å². The molecule has 0 saturated carbocycles. The molecule has 0 saturated heterocycles. The summed E-state index contributed by atoms with van der Waals surface area (Å²) in [6.07, 6.45) is 4.95. The van der Waals surface area contributed by atoms with Crippen molar-refractivity contribution in [1.29, 1.82) is 0 Å². The van der Waals surface area contributed by atoms with Crippen LogP contribution in [0.2, 0.25) is 0 Å². The van der Waals surface area contributed by atoms with Gasteiger partial charge in [0.1, 0.15) is 0 Å². The maximum Gasteiger partial charge on any atom is 0.205 e. The van der Waals surface area contributed by atoms with Gasteiger partial charge in [-0.05, 0) is 18.2 Å². The zero-order valence-electron chi connectivity index (χ0n) is 5.11. The first-order chi connectivity index (χ1) is 4.83. The molecule has 0 unspecified atom stereocenters. The minimum absolute atomic E-state index is 0.0508. The molecule has 0 atom stereocenters. The lowest BCUT2D eigenvalue weighted by atomic mass is 10.1. The summed E-state index contributed by atoms with van der Waals surface area (Å²) in [5.74, 6) is 0.0508. The normalized spacial score (nSPS) is 16.4. The van der Waals surface area contributed by atoms with E-state index in [0.29, 0.717) is 12.1 Å². The van der Waals surface area contributed by atoms with Gasteiger partial charge < -0.3 is 0 Å². The van der Waals surface area contributed by atoms with Gasteiger partial charge in [-0.3, -0.25) is 4.79 Å². The van der Waals surface area contributed by atoms with E-state index in [1.54, 1.807) is 6.08 Å². The van der Waals surface area contributed by atoms with Gasteiger partial charge in [0, 0.05) is 6.42 Å². The second kappa shape index (κ2) is 3.22. The Morgan fingerprint density at radius 1 is 1.50 bits per heavy atom. The van der Waals surface area contributed by atoms with Crippen molar-refractivity contribution in [2.75, 3.05) is 0 Å². The smallest absolute Gasteiger partial charge is 0.205 e. The summed E-state index contributed by atoms with van der Waals surface area (Å²) in [5.41, 5.74) is 0.583. The first-order valence-electron chi connectivity index (χ1n) is 2.74. The van der Waals surface area contributed by atoms with Crippen LogP contribution in [0.15, 0.2) is 28.3 Å². The average Bonchev–Trinajstić information content (AvgIpc) is 1.95. The third-order valence-electron chi connectivity index (χ3n) is 1.10. The fourth-order valence-electron chi connectivity index (χ4n) is 0.630. The molecule has 0 amide bonds. The van der Waals surface area contributed by atoms with E-state index in [1.807, 2.05) is 0 Å². The van der Waals surface area contributed by atoms with Crippen LogP contribution in [0.3, 0.4) is 0 Å². The lowest BCUT2D eigenvalue weighted by Crippen LogP contribution is -1.94. The van der Waals surface area contributed by atoms with Gasteiger partial charge in [-0.15, -0.1) is 0 Å². The molecule has 0 fully saturated rings. The second-order valence-corrected chi connectivity index (χ2v) is 2.13. The SMILES string of the molecule is O=S=NC1=CCC(=O)C=C1. The number of ketones is 1. The van der Waals surface area contributed by atoms with Crippen molar-refractivity contribution in [2.24, 2.45) is 4.36 Å². The van der Waals surface area contributed by atoms with Crippen molar-refractivity contribution in [3.05, 3.63) is 23.9 Å². The molecule has 0 aliphatic heterocycles. The molecule has 0 aromatic rings. The van der Waals surface area contributed by atoms with Gasteiger partial charge in [0.25, 0.3) is 0 Å². The van der Waals surface area contributed by atoms with E-state index >= 15 is 0 Å². The summed E-state index contributed by atoms with van der Waals surface area (Å²) in [5, 5.41) is 0. The van der Waals surface area contributed by atoms with Gasteiger partial charge in [0.2, 0.25) is 11.5 Å². The molecule has 4 heteroatoms. The number of carbonyl (C=O) groups excluding carboxylic acids is 1. The van der Waals surface area contributed by atoms with Crippen LogP contribution in [0.4, 0.5) is 0 Å². The number of rotatable bonds is 1. The molecule has 1 rings (SSSR count). The zero-order valence-corrected chi connectivity index (χ0v) is 5.93. The third-order valence-corrected chi connectivity index (χ3v) is 1.38. The van der Waals surface area contributed by atoms with Crippen LogP contribution in [0.1, 0.15) is 6.42 Å². The molecule has 0 bridgehead atoms. The molecule has 1 aliphatic rings. The molecule has 0 N–H and O–H groups in total. The van der Waals surface area contributed by atoms with Crippen molar-refractivity contribution < 1.29 is 9.00 Å². The molecule has 0 aromatic heterocycles. The average molecular weight is 155 g/mol. The maximum absolute atomic E-state index is 10.6. The Balaban J connectivity index is 2.76. The van der Waals surface area contributed by atoms with E-state index in [0.717, 1.165) is 0 Å². The molecule has 3 nitrogen and oxygen atoms in total. The molecule has 0 aromatic carbocycles. The van der Waals surface area contributed by atoms with Gasteiger partial charge in [-0.1, -0.05) is 0 Å². The molecular weight excluding hydrogens is 150 g/mol. The van der Waals surface area contributed by atoms with E-state index in [-0.39, 0.29) is 17.2 Å². The van der Waals surface area contributed by atoms with Crippen LogP contribution in [-0.4, -0.2) is 9.99 Å². The van der Waals surface area contributed by atoms with E-state index in [2.05, 4.69) is 4.36 Å². The van der Waals surface area contributed by atoms with Crippen LogP contribution < -0.4 is 0 Å². The first kappa shape index (κ1) is 7.08. The van der Waals surface area contributed by atoms with Crippen LogP contribution >= 0.6 is 0 Å². The van der Waals surface area contributed by atoms with Crippen LogP contribution in [-0.2, 0) is 16.3 Å². The number of hydrogen-bond acceptors (Lipinski definition) is 3. The van der Waals surface area contributed by atoms with E-state index in [4.69, 9.17) is 0 Å². The van der Waals surface area contributed by atoms with E-state index in [9.17, 15) is 9.00 Å². The van der Waals surface area contributed by atoms with Crippen LogP contribution in [0.25, 0.3) is 0 Å². The number of allylic oxidation sites excluding steroid dienone is 3. The summed E-state index contributed by atoms with van der Waals surface area (Å²) >= 11 is 0.154. The largest absolute Gasteiger partial charge is 0.295 e. The van der Waals surface area contributed by atoms with Gasteiger partial charge in [-0.25, -0.2) is 0 Å². The van der Waals surface area contributed by atoms with Crippen molar-refractivity contribution in [2.45, 2.75) is 6.42 Å². The molecule has 0 spiro atoms. The molecule has 0 heterocycles. The minimum Gasteiger partial charge on any atom is -0.295 e. The van der Waals surface area contributed by atoms with Gasteiger partial charge in [0.15, 0.2) is 5.78 Å². The predicted molar refractivity (Wildman–Crippen MR) is 37.4 cm³/mol. The Morgan fingerprint density at radius 2 is 2.30 bits per heavy atom. The van der Waals surface area contributed by atoms with Gasteiger partial charge >= 0.3 is 0 Å². The Morgan fingerprint density at radius 3 is 2.80 bits per heavy atom. The highest BCUT2D eigenvalue weighted by Gasteiger charge is 2.00. The van der Waals surface area contributed by atoms with Crippen LogP contribution in [0, 0.1) is 0 Å². The highest BCUT2D eigenvalue weighted by molar-refractivity contribution is 7.54. The Bertz CT molecular complexity index is 261. The van der Waals surface area contributed by atoms with Crippen molar-refractivity contribution >= 4 is 17.2 Å². The summed E-state index contributed by atoms with van der Waals surface area (Å²) in [6, 6.07) is 0. The van der Waals surface area contributed by atoms with Gasteiger partial charge in [-0.2, -0.15) is 8.57 Å². The van der Waals surface area contributed by atoms with Crippen LogP contribution in [0.5, 0.6) is 0 Å². The fourth-order valence-corrected chi connectivity index (χ4v) is 0.852. The Kier molecular flexibility index (Phi) is 2.28. The molecule has 0 radical (unpaired) electrons. The standard InChI is InChI=1S/C6H5NO2S/c8-6-3-1-5(2-4-6)7-10-9/h1-3H,4H2. The highest BCUT2D eigenvalue weighted by Crippen LogP contribution is 2.06. The highest BCUT2D eigenvalue weighted by atomic mass is 32.1. The summed E-state index contributed by atoms with van der Waals surface area (Å²) in [7, 11) is 0. The van der Waals surface area contributed by atoms with Crippen molar-refractivity contribution in [3.8, 4) is 0 Å². The second-order valence-electron chi connectivity index (χ2n) is 1.80. The predicted octanol–water partition coefficient (Wildman–Crippen LogP) is 0.796. The monoisotopic (exact) mass is 155 g/mol. The van der Waals surface area contributed by atoms with Crippen molar-refractivity contribution in [1.82, 2.24) is 0 Å². The summed E-state index contributed by atoms with van der Waals surface area (Å²) < 4.78 is 13.4. The minimum atomic E-state index is 0.0508. The third kappa shape index (κ3) is 1.73. The lowest BCUT2D eigenvalue weighted by molar-refractivity contribution is -0.113. The fraction of sp³-hybridized carbons (Fsp3) is 0.167. The Labute approximate surface area is 61.7 Å². The molecular formula is C6H5NO2S. The lowest BCUT2D eigenvalue weighted by Gasteiger charge is -1.95. The summed E-state index contributed by atoms with van der Waals surface area (Å²) in [4.78, 5) is 10.6. The molecule has 52 valence electrons. The number of nitrogens with zero attached hydrogens (tertiary/aromatic N) is 1. The molecule has 1 aliphatic carbocycles. The summed E-state index contributed by atoms with van der Waals surface area (Å²) in [6.45, 7) is 0. The number of hydrogen-bond donors (Lipinski definition) is 0. The molecule has 10 heavy (non-hydrogen) atoms.